The molecule has 1 saturated heterocycles. The van der Waals surface area contributed by atoms with E-state index in [1.165, 1.54) is 5.56 Å². The predicted octanol–water partition coefficient (Wildman–Crippen LogP) is 4.58. The summed E-state index contributed by atoms with van der Waals surface area (Å²) in [5.41, 5.74) is 3.70. The molecule has 0 radical (unpaired) electrons. The van der Waals surface area contributed by atoms with Gasteiger partial charge in [0.05, 0.1) is 11.6 Å². The maximum Gasteiger partial charge on any atom is 0.295 e. The lowest BCUT2D eigenvalue weighted by molar-refractivity contribution is -0.140. The molecule has 5 nitrogen and oxygen atoms in total. The summed E-state index contributed by atoms with van der Waals surface area (Å²) < 4.78 is 5.12. The fraction of sp³-hybridized carbons (Fsp3) is 0.360. The SMILES string of the molecule is COCCCN1C(=O)C(=O)/C(=C(/O)c2ccc(C)cc2)C1c1ccc(C(C)C)cc1. The summed E-state index contributed by atoms with van der Waals surface area (Å²) in [5.74, 6) is -0.999. The van der Waals surface area contributed by atoms with E-state index >= 15 is 0 Å². The number of aryl methyl sites for hydroxylation is 1. The lowest BCUT2D eigenvalue weighted by Crippen LogP contribution is -2.31. The molecule has 1 aliphatic rings. The standard InChI is InChI=1S/C25H29NO4/c1-16(2)18-10-12-19(13-11-18)22-21(23(27)20-8-6-17(3)7-9-20)24(28)25(29)26(22)14-5-15-30-4/h6-13,16,22,27H,5,14-15H2,1-4H3/b23-21+. The number of ketones is 1. The van der Waals surface area contributed by atoms with Crippen LogP contribution in [0.1, 0.15) is 54.5 Å². The molecule has 1 heterocycles. The summed E-state index contributed by atoms with van der Waals surface area (Å²) in [6.45, 7) is 7.04. The van der Waals surface area contributed by atoms with E-state index < -0.39 is 17.7 Å². The minimum atomic E-state index is -0.650. The van der Waals surface area contributed by atoms with Crippen molar-refractivity contribution in [3.05, 3.63) is 76.4 Å². The van der Waals surface area contributed by atoms with Gasteiger partial charge in [-0.05, 0) is 30.4 Å². The van der Waals surface area contributed by atoms with Gasteiger partial charge in [0.25, 0.3) is 11.7 Å². The Balaban J connectivity index is 2.10. The number of aliphatic hydroxyl groups excluding tert-OH is 1. The Kier molecular flexibility index (Phi) is 6.73. The Labute approximate surface area is 178 Å². The molecule has 3 rings (SSSR count). The highest BCUT2D eigenvalue weighted by atomic mass is 16.5. The minimum absolute atomic E-state index is 0.138. The van der Waals surface area contributed by atoms with Crippen molar-refractivity contribution in [3.63, 3.8) is 0 Å². The maximum absolute atomic E-state index is 12.9. The van der Waals surface area contributed by atoms with Crippen molar-refractivity contribution in [2.75, 3.05) is 20.3 Å². The molecule has 1 N–H and O–H groups in total. The molecule has 0 bridgehead atoms. The van der Waals surface area contributed by atoms with Crippen LogP contribution in [-0.4, -0.2) is 42.0 Å². The Morgan fingerprint density at radius 2 is 1.70 bits per heavy atom. The first-order valence-electron chi connectivity index (χ1n) is 10.3. The second kappa shape index (κ2) is 9.26. The number of carbonyl (C=O) groups is 2. The number of aliphatic hydroxyl groups is 1. The van der Waals surface area contributed by atoms with Crippen molar-refractivity contribution >= 4 is 17.4 Å². The highest BCUT2D eigenvalue weighted by molar-refractivity contribution is 6.46. The molecule has 0 aliphatic carbocycles. The summed E-state index contributed by atoms with van der Waals surface area (Å²) in [6, 6.07) is 14.6. The number of benzene rings is 2. The van der Waals surface area contributed by atoms with Crippen molar-refractivity contribution in [1.29, 1.82) is 0 Å². The van der Waals surface area contributed by atoms with Crippen LogP contribution in [0, 0.1) is 6.92 Å². The number of nitrogens with zero attached hydrogens (tertiary/aromatic N) is 1. The fourth-order valence-electron chi connectivity index (χ4n) is 3.77. The zero-order chi connectivity index (χ0) is 21.8. The minimum Gasteiger partial charge on any atom is -0.507 e. The van der Waals surface area contributed by atoms with Crippen molar-refractivity contribution in [2.45, 2.75) is 39.2 Å². The molecule has 0 aromatic heterocycles. The number of ether oxygens (including phenoxy) is 1. The van der Waals surface area contributed by atoms with Crippen LogP contribution in [0.4, 0.5) is 0 Å². The zero-order valence-corrected chi connectivity index (χ0v) is 18.0. The van der Waals surface area contributed by atoms with Crippen molar-refractivity contribution in [2.24, 2.45) is 0 Å². The smallest absolute Gasteiger partial charge is 0.295 e. The van der Waals surface area contributed by atoms with E-state index in [2.05, 4.69) is 13.8 Å². The van der Waals surface area contributed by atoms with Crippen LogP contribution >= 0.6 is 0 Å². The number of methoxy groups -OCH3 is 1. The second-order valence-electron chi connectivity index (χ2n) is 8.03. The van der Waals surface area contributed by atoms with Gasteiger partial charge in [0.1, 0.15) is 5.76 Å². The molecule has 1 atom stereocenters. The highest BCUT2D eigenvalue weighted by Gasteiger charge is 2.45. The van der Waals surface area contributed by atoms with E-state index in [4.69, 9.17) is 4.74 Å². The van der Waals surface area contributed by atoms with Crippen LogP contribution in [-0.2, 0) is 14.3 Å². The monoisotopic (exact) mass is 407 g/mol. The first-order chi connectivity index (χ1) is 14.3. The molecule has 30 heavy (non-hydrogen) atoms. The molecule has 0 saturated carbocycles. The molecular formula is C25H29NO4. The van der Waals surface area contributed by atoms with Gasteiger partial charge in [-0.3, -0.25) is 9.59 Å². The van der Waals surface area contributed by atoms with Crippen LogP contribution in [0.15, 0.2) is 54.1 Å². The van der Waals surface area contributed by atoms with Crippen LogP contribution < -0.4 is 0 Å². The summed E-state index contributed by atoms with van der Waals surface area (Å²) in [7, 11) is 1.60. The molecule has 5 heteroatoms. The molecule has 0 spiro atoms. The third kappa shape index (κ3) is 4.31. The van der Waals surface area contributed by atoms with E-state index in [0.29, 0.717) is 31.1 Å². The molecule has 2 aromatic carbocycles. The summed E-state index contributed by atoms with van der Waals surface area (Å²) in [5, 5.41) is 11.0. The van der Waals surface area contributed by atoms with E-state index in [1.54, 1.807) is 24.1 Å². The summed E-state index contributed by atoms with van der Waals surface area (Å²) >= 11 is 0. The van der Waals surface area contributed by atoms with Gasteiger partial charge in [0.2, 0.25) is 0 Å². The lowest BCUT2D eigenvalue weighted by Gasteiger charge is -2.25. The summed E-state index contributed by atoms with van der Waals surface area (Å²) in [4.78, 5) is 27.3. The Bertz CT molecular complexity index is 942. The van der Waals surface area contributed by atoms with Gasteiger partial charge >= 0.3 is 0 Å². The Hall–Kier alpha value is -2.92. The van der Waals surface area contributed by atoms with Crippen LogP contribution in [0.2, 0.25) is 0 Å². The number of amides is 1. The molecule has 158 valence electrons. The van der Waals surface area contributed by atoms with Gasteiger partial charge in [-0.2, -0.15) is 0 Å². The van der Waals surface area contributed by atoms with Gasteiger partial charge < -0.3 is 14.7 Å². The van der Waals surface area contributed by atoms with Gasteiger partial charge in [-0.15, -0.1) is 0 Å². The average molecular weight is 408 g/mol. The molecular weight excluding hydrogens is 378 g/mol. The number of hydrogen-bond acceptors (Lipinski definition) is 4. The van der Waals surface area contributed by atoms with Gasteiger partial charge in [-0.25, -0.2) is 0 Å². The first-order valence-corrected chi connectivity index (χ1v) is 10.3. The summed E-state index contributed by atoms with van der Waals surface area (Å²) in [6.07, 6.45) is 0.606. The number of likely N-dealkylation sites (tertiary alicyclic amines) is 1. The zero-order valence-electron chi connectivity index (χ0n) is 18.0. The van der Waals surface area contributed by atoms with Gasteiger partial charge in [0, 0.05) is 25.8 Å². The van der Waals surface area contributed by atoms with E-state index in [-0.39, 0.29) is 11.3 Å². The molecule has 2 aromatic rings. The lowest BCUT2D eigenvalue weighted by atomic mass is 9.93. The predicted molar refractivity (Wildman–Crippen MR) is 117 cm³/mol. The van der Waals surface area contributed by atoms with Crippen molar-refractivity contribution in [1.82, 2.24) is 4.90 Å². The van der Waals surface area contributed by atoms with E-state index in [0.717, 1.165) is 11.1 Å². The van der Waals surface area contributed by atoms with Crippen molar-refractivity contribution in [3.8, 4) is 0 Å². The molecule has 1 amide bonds. The molecule has 1 fully saturated rings. The van der Waals surface area contributed by atoms with Crippen LogP contribution in [0.25, 0.3) is 5.76 Å². The number of hydrogen-bond donors (Lipinski definition) is 1. The third-order valence-corrected chi connectivity index (χ3v) is 5.53. The van der Waals surface area contributed by atoms with E-state index in [1.807, 2.05) is 43.3 Å². The van der Waals surface area contributed by atoms with Gasteiger partial charge in [-0.1, -0.05) is 67.9 Å². The van der Waals surface area contributed by atoms with Gasteiger partial charge in [0.15, 0.2) is 0 Å². The maximum atomic E-state index is 12.9. The van der Waals surface area contributed by atoms with Crippen LogP contribution in [0.5, 0.6) is 0 Å². The third-order valence-electron chi connectivity index (χ3n) is 5.53. The first kappa shape index (κ1) is 21.8. The quantitative estimate of drug-likeness (QED) is 0.316. The fourth-order valence-corrected chi connectivity index (χ4v) is 3.77. The molecule has 1 unspecified atom stereocenters. The second-order valence-corrected chi connectivity index (χ2v) is 8.03. The normalized spacial score (nSPS) is 18.4. The highest BCUT2D eigenvalue weighted by Crippen LogP contribution is 2.39. The molecule has 1 aliphatic heterocycles. The van der Waals surface area contributed by atoms with Crippen LogP contribution in [0.3, 0.4) is 0 Å². The largest absolute Gasteiger partial charge is 0.507 e. The van der Waals surface area contributed by atoms with E-state index in [9.17, 15) is 14.7 Å². The van der Waals surface area contributed by atoms with Crippen molar-refractivity contribution < 1.29 is 19.4 Å². The Morgan fingerprint density at radius 1 is 1.07 bits per heavy atom. The number of carbonyl (C=O) groups excluding carboxylic acids is 2. The number of rotatable bonds is 7. The Morgan fingerprint density at radius 3 is 2.27 bits per heavy atom. The topological polar surface area (TPSA) is 66.8 Å². The average Bonchev–Trinajstić information content (AvgIpc) is 2.99. The number of Topliss-reactive ketones (excluding diaryl/α,β-unsaturated/α-hetero) is 1.